The third-order valence-electron chi connectivity index (χ3n) is 2.82. The highest BCUT2D eigenvalue weighted by molar-refractivity contribution is 5.93. The number of aromatic nitrogens is 3. The van der Waals surface area contributed by atoms with E-state index in [4.69, 9.17) is 0 Å². The van der Waals surface area contributed by atoms with Gasteiger partial charge in [-0.2, -0.15) is 10.1 Å². The molecule has 1 saturated heterocycles. The van der Waals surface area contributed by atoms with Gasteiger partial charge in [0.05, 0.1) is 6.04 Å². The third-order valence-corrected chi connectivity index (χ3v) is 2.82. The topological polar surface area (TPSA) is 71.8 Å². The Balaban J connectivity index is 1.94. The van der Waals surface area contributed by atoms with Crippen LogP contribution < -0.4 is 10.6 Å². The third kappa shape index (κ3) is 2.57. The standard InChI is InChI=1S/C10H17N5O/c1-15-10(12-7-13-15)14-9(16)8-5-3-2-4-6-11-8/h7-8,11H,2-6H2,1H3,(H,12,13,14,16). The smallest absolute Gasteiger partial charge is 0.243 e. The monoisotopic (exact) mass is 223 g/mol. The first-order chi connectivity index (χ1) is 7.77. The van der Waals surface area contributed by atoms with Crippen molar-refractivity contribution in [3.05, 3.63) is 6.33 Å². The van der Waals surface area contributed by atoms with Crippen molar-refractivity contribution in [3.8, 4) is 0 Å². The van der Waals surface area contributed by atoms with E-state index in [2.05, 4.69) is 20.7 Å². The number of nitrogens with one attached hydrogen (secondary N) is 2. The summed E-state index contributed by atoms with van der Waals surface area (Å²) < 4.78 is 1.55. The normalized spacial score (nSPS) is 21.4. The molecule has 1 unspecified atom stereocenters. The summed E-state index contributed by atoms with van der Waals surface area (Å²) in [7, 11) is 1.75. The van der Waals surface area contributed by atoms with E-state index in [9.17, 15) is 4.79 Å². The van der Waals surface area contributed by atoms with Gasteiger partial charge in [0.1, 0.15) is 6.33 Å². The maximum atomic E-state index is 11.9. The van der Waals surface area contributed by atoms with Crippen molar-refractivity contribution in [1.29, 1.82) is 0 Å². The lowest BCUT2D eigenvalue weighted by Gasteiger charge is -2.14. The predicted octanol–water partition coefficient (Wildman–Crippen LogP) is 0.286. The first-order valence-electron chi connectivity index (χ1n) is 5.65. The Labute approximate surface area is 94.4 Å². The van der Waals surface area contributed by atoms with Crippen LogP contribution in [-0.2, 0) is 11.8 Å². The summed E-state index contributed by atoms with van der Waals surface area (Å²) in [4.78, 5) is 15.9. The molecule has 1 aromatic heterocycles. The summed E-state index contributed by atoms with van der Waals surface area (Å²) in [6, 6.07) is -0.0980. The molecule has 2 rings (SSSR count). The van der Waals surface area contributed by atoms with Crippen molar-refractivity contribution in [1.82, 2.24) is 20.1 Å². The molecule has 1 aliphatic heterocycles. The number of hydrogen-bond donors (Lipinski definition) is 2. The number of carbonyl (C=O) groups excluding carboxylic acids is 1. The average molecular weight is 223 g/mol. The second kappa shape index (κ2) is 5.07. The molecule has 1 fully saturated rings. The number of aryl methyl sites for hydroxylation is 1. The quantitative estimate of drug-likeness (QED) is 0.755. The molecule has 0 aliphatic carbocycles. The zero-order valence-corrected chi connectivity index (χ0v) is 9.44. The molecule has 0 aromatic carbocycles. The maximum absolute atomic E-state index is 11.9. The zero-order valence-electron chi connectivity index (χ0n) is 9.44. The van der Waals surface area contributed by atoms with Crippen molar-refractivity contribution in [2.24, 2.45) is 7.05 Å². The van der Waals surface area contributed by atoms with Crippen LogP contribution in [0.2, 0.25) is 0 Å². The Morgan fingerprint density at radius 1 is 1.56 bits per heavy atom. The van der Waals surface area contributed by atoms with Gasteiger partial charge in [0.25, 0.3) is 0 Å². The van der Waals surface area contributed by atoms with Crippen LogP contribution in [0.4, 0.5) is 5.95 Å². The molecule has 88 valence electrons. The lowest BCUT2D eigenvalue weighted by molar-refractivity contribution is -0.118. The van der Waals surface area contributed by atoms with Gasteiger partial charge in [0.2, 0.25) is 11.9 Å². The number of rotatable bonds is 2. The number of nitrogens with zero attached hydrogens (tertiary/aromatic N) is 3. The van der Waals surface area contributed by atoms with Crippen LogP contribution >= 0.6 is 0 Å². The molecule has 2 heterocycles. The summed E-state index contributed by atoms with van der Waals surface area (Å²) in [5, 5.41) is 9.92. The van der Waals surface area contributed by atoms with Gasteiger partial charge in [0, 0.05) is 7.05 Å². The van der Waals surface area contributed by atoms with Crippen molar-refractivity contribution in [2.45, 2.75) is 31.7 Å². The molecule has 0 spiro atoms. The summed E-state index contributed by atoms with van der Waals surface area (Å²) >= 11 is 0. The molecule has 1 aliphatic rings. The minimum atomic E-state index is -0.0980. The largest absolute Gasteiger partial charge is 0.306 e. The first kappa shape index (κ1) is 11.1. The Morgan fingerprint density at radius 3 is 3.19 bits per heavy atom. The van der Waals surface area contributed by atoms with E-state index in [0.717, 1.165) is 25.8 Å². The van der Waals surface area contributed by atoms with Crippen LogP contribution in [-0.4, -0.2) is 33.3 Å². The highest BCUT2D eigenvalue weighted by Gasteiger charge is 2.20. The Morgan fingerprint density at radius 2 is 2.44 bits per heavy atom. The van der Waals surface area contributed by atoms with Gasteiger partial charge in [-0.3, -0.25) is 10.1 Å². The summed E-state index contributed by atoms with van der Waals surface area (Å²) in [5.74, 6) is 0.481. The molecule has 0 bridgehead atoms. The van der Waals surface area contributed by atoms with Gasteiger partial charge in [-0.15, -0.1) is 0 Å². The molecular formula is C10H17N5O. The Bertz CT molecular complexity index is 354. The number of carbonyl (C=O) groups is 1. The Kier molecular flexibility index (Phi) is 3.51. The maximum Gasteiger partial charge on any atom is 0.243 e. The van der Waals surface area contributed by atoms with Crippen LogP contribution in [0, 0.1) is 0 Å². The lowest BCUT2D eigenvalue weighted by Crippen LogP contribution is -2.40. The molecule has 1 atom stereocenters. The molecule has 1 amide bonds. The van der Waals surface area contributed by atoms with Crippen molar-refractivity contribution >= 4 is 11.9 Å². The summed E-state index contributed by atoms with van der Waals surface area (Å²) in [6.07, 6.45) is 5.76. The van der Waals surface area contributed by atoms with Crippen LogP contribution in [0.1, 0.15) is 25.7 Å². The summed E-state index contributed by atoms with van der Waals surface area (Å²) in [5.41, 5.74) is 0. The van der Waals surface area contributed by atoms with E-state index in [1.165, 1.54) is 12.7 Å². The molecule has 2 N–H and O–H groups in total. The van der Waals surface area contributed by atoms with Gasteiger partial charge >= 0.3 is 0 Å². The number of amides is 1. The fraction of sp³-hybridized carbons (Fsp3) is 0.700. The van der Waals surface area contributed by atoms with Gasteiger partial charge in [-0.05, 0) is 19.4 Å². The Hall–Kier alpha value is -1.43. The van der Waals surface area contributed by atoms with E-state index in [1.54, 1.807) is 11.7 Å². The molecule has 6 nitrogen and oxygen atoms in total. The molecule has 1 aromatic rings. The second-order valence-corrected chi connectivity index (χ2v) is 4.05. The minimum absolute atomic E-state index is 0.0157. The van der Waals surface area contributed by atoms with E-state index in [0.29, 0.717) is 5.95 Å². The fourth-order valence-corrected chi connectivity index (χ4v) is 1.86. The van der Waals surface area contributed by atoms with Crippen LogP contribution in [0.3, 0.4) is 0 Å². The predicted molar refractivity (Wildman–Crippen MR) is 59.9 cm³/mol. The molecule has 0 saturated carbocycles. The molecule has 0 radical (unpaired) electrons. The highest BCUT2D eigenvalue weighted by Crippen LogP contribution is 2.10. The molecule has 16 heavy (non-hydrogen) atoms. The van der Waals surface area contributed by atoms with E-state index >= 15 is 0 Å². The fourth-order valence-electron chi connectivity index (χ4n) is 1.86. The van der Waals surface area contributed by atoms with Gasteiger partial charge in [-0.1, -0.05) is 12.8 Å². The second-order valence-electron chi connectivity index (χ2n) is 4.05. The van der Waals surface area contributed by atoms with Crippen molar-refractivity contribution < 1.29 is 4.79 Å². The number of hydrogen-bond acceptors (Lipinski definition) is 4. The molecular weight excluding hydrogens is 206 g/mol. The SMILES string of the molecule is Cn1ncnc1NC(=O)C1CCCCCN1. The van der Waals surface area contributed by atoms with Gasteiger partial charge in [-0.25, -0.2) is 4.68 Å². The minimum Gasteiger partial charge on any atom is -0.306 e. The first-order valence-corrected chi connectivity index (χ1v) is 5.65. The van der Waals surface area contributed by atoms with Gasteiger partial charge < -0.3 is 5.32 Å². The van der Waals surface area contributed by atoms with E-state index < -0.39 is 0 Å². The zero-order chi connectivity index (χ0) is 11.4. The highest BCUT2D eigenvalue weighted by atomic mass is 16.2. The summed E-state index contributed by atoms with van der Waals surface area (Å²) in [6.45, 7) is 0.914. The number of anilines is 1. The van der Waals surface area contributed by atoms with Gasteiger partial charge in [0.15, 0.2) is 0 Å². The van der Waals surface area contributed by atoms with E-state index in [1.807, 2.05) is 0 Å². The van der Waals surface area contributed by atoms with E-state index in [-0.39, 0.29) is 11.9 Å². The lowest BCUT2D eigenvalue weighted by atomic mass is 10.1. The van der Waals surface area contributed by atoms with Crippen LogP contribution in [0.25, 0.3) is 0 Å². The van der Waals surface area contributed by atoms with Crippen LogP contribution in [0.15, 0.2) is 6.33 Å². The molecule has 6 heteroatoms. The van der Waals surface area contributed by atoms with Crippen molar-refractivity contribution in [3.63, 3.8) is 0 Å². The van der Waals surface area contributed by atoms with Crippen molar-refractivity contribution in [2.75, 3.05) is 11.9 Å². The average Bonchev–Trinajstić information content (AvgIpc) is 2.57. The van der Waals surface area contributed by atoms with Crippen LogP contribution in [0.5, 0.6) is 0 Å².